The van der Waals surface area contributed by atoms with E-state index < -0.39 is 8.56 Å². The van der Waals surface area contributed by atoms with Gasteiger partial charge in [-0.3, -0.25) is 0 Å². The van der Waals surface area contributed by atoms with Gasteiger partial charge in [-0.2, -0.15) is 0 Å². The van der Waals surface area contributed by atoms with Crippen LogP contribution in [0, 0.1) is 11.3 Å². The highest BCUT2D eigenvalue weighted by molar-refractivity contribution is 6.73. The smallest absolute Gasteiger partial charge is 0.410 e. The minimum atomic E-state index is -2.40. The van der Waals surface area contributed by atoms with Gasteiger partial charge in [0.15, 0.2) is 0 Å². The SMILES string of the molecule is C=C1O[Si](C(C)(C)C)(C(C)(C)C)O[C@H]2CCC(C)(C)[C@H]12. The van der Waals surface area contributed by atoms with Gasteiger partial charge in [0.25, 0.3) is 0 Å². The van der Waals surface area contributed by atoms with Gasteiger partial charge in [0.2, 0.25) is 0 Å². The summed E-state index contributed by atoms with van der Waals surface area (Å²) in [6.45, 7) is 22.5. The molecule has 1 saturated heterocycles. The van der Waals surface area contributed by atoms with Crippen LogP contribution in [0.2, 0.25) is 10.1 Å². The highest BCUT2D eigenvalue weighted by atomic mass is 28.4. The van der Waals surface area contributed by atoms with E-state index in [1.54, 1.807) is 0 Å². The van der Waals surface area contributed by atoms with Crippen LogP contribution >= 0.6 is 0 Å². The van der Waals surface area contributed by atoms with Crippen molar-refractivity contribution >= 4 is 8.56 Å². The molecular formula is C17H32O2Si. The number of hydrogen-bond donors (Lipinski definition) is 0. The maximum atomic E-state index is 6.79. The summed E-state index contributed by atoms with van der Waals surface area (Å²) >= 11 is 0. The zero-order chi connectivity index (χ0) is 15.6. The lowest BCUT2D eigenvalue weighted by molar-refractivity contribution is 0.00508. The third-order valence-electron chi connectivity index (χ3n) is 5.20. The molecule has 2 rings (SSSR count). The Kier molecular flexibility index (Phi) is 3.51. The van der Waals surface area contributed by atoms with E-state index in [1.165, 1.54) is 6.42 Å². The van der Waals surface area contributed by atoms with Crippen molar-refractivity contribution in [1.29, 1.82) is 0 Å². The van der Waals surface area contributed by atoms with Gasteiger partial charge in [0.1, 0.15) is 0 Å². The van der Waals surface area contributed by atoms with Crippen LogP contribution in [-0.4, -0.2) is 14.7 Å². The van der Waals surface area contributed by atoms with Gasteiger partial charge < -0.3 is 8.85 Å². The third-order valence-corrected chi connectivity index (χ3v) is 10.3. The lowest BCUT2D eigenvalue weighted by atomic mass is 9.80. The first-order valence-electron chi connectivity index (χ1n) is 7.87. The van der Waals surface area contributed by atoms with Crippen LogP contribution in [-0.2, 0) is 8.85 Å². The fraction of sp³-hybridized carbons (Fsp3) is 0.882. The van der Waals surface area contributed by atoms with E-state index in [0.29, 0.717) is 12.0 Å². The van der Waals surface area contributed by atoms with Crippen molar-refractivity contribution in [2.75, 3.05) is 0 Å². The van der Waals surface area contributed by atoms with Crippen LogP contribution in [0.1, 0.15) is 68.2 Å². The predicted molar refractivity (Wildman–Crippen MR) is 86.8 cm³/mol. The van der Waals surface area contributed by atoms with Crippen LogP contribution in [0.3, 0.4) is 0 Å². The topological polar surface area (TPSA) is 18.5 Å². The molecule has 2 nitrogen and oxygen atoms in total. The van der Waals surface area contributed by atoms with E-state index in [-0.39, 0.29) is 15.5 Å². The Labute approximate surface area is 126 Å². The zero-order valence-electron chi connectivity index (χ0n) is 14.6. The van der Waals surface area contributed by atoms with E-state index >= 15 is 0 Å². The maximum Gasteiger partial charge on any atom is 0.410 e. The largest absolute Gasteiger partial charge is 0.523 e. The van der Waals surface area contributed by atoms with Gasteiger partial charge in [-0.1, -0.05) is 62.0 Å². The molecule has 0 spiro atoms. The van der Waals surface area contributed by atoms with Crippen molar-refractivity contribution in [3.05, 3.63) is 12.3 Å². The van der Waals surface area contributed by atoms with Crippen LogP contribution in [0.5, 0.6) is 0 Å². The van der Waals surface area contributed by atoms with Crippen LogP contribution in [0.4, 0.5) is 0 Å². The molecule has 0 aromatic heterocycles. The second kappa shape index (κ2) is 4.36. The molecule has 116 valence electrons. The molecule has 0 bridgehead atoms. The molecule has 0 aromatic rings. The Balaban J connectivity index is 2.44. The summed E-state index contributed by atoms with van der Waals surface area (Å²) in [6, 6.07) is 0. The van der Waals surface area contributed by atoms with Crippen LogP contribution < -0.4 is 0 Å². The third kappa shape index (κ3) is 2.17. The molecule has 1 saturated carbocycles. The molecule has 2 aliphatic rings. The van der Waals surface area contributed by atoms with Crippen molar-refractivity contribution in [2.45, 2.75) is 84.4 Å². The Morgan fingerprint density at radius 2 is 1.60 bits per heavy atom. The fourth-order valence-electron chi connectivity index (χ4n) is 4.38. The summed E-state index contributed by atoms with van der Waals surface area (Å²) in [7, 11) is -2.40. The molecule has 3 heteroatoms. The molecule has 2 atom stereocenters. The number of fused-ring (bicyclic) bond motifs is 1. The molecular weight excluding hydrogens is 264 g/mol. The van der Waals surface area contributed by atoms with Gasteiger partial charge >= 0.3 is 8.56 Å². The predicted octanol–water partition coefficient (Wildman–Crippen LogP) is 5.39. The van der Waals surface area contributed by atoms with Crippen LogP contribution in [0.15, 0.2) is 12.3 Å². The quantitative estimate of drug-likeness (QED) is 0.558. The van der Waals surface area contributed by atoms with Gasteiger partial charge in [0.05, 0.1) is 11.9 Å². The second-order valence-electron chi connectivity index (χ2n) is 9.35. The lowest BCUT2D eigenvalue weighted by Crippen LogP contribution is -2.62. The van der Waals surface area contributed by atoms with Gasteiger partial charge in [-0.25, -0.2) is 0 Å². The van der Waals surface area contributed by atoms with E-state index in [4.69, 9.17) is 8.85 Å². The summed E-state index contributed by atoms with van der Waals surface area (Å²) in [6.07, 6.45) is 2.64. The zero-order valence-corrected chi connectivity index (χ0v) is 15.6. The van der Waals surface area contributed by atoms with Crippen LogP contribution in [0.25, 0.3) is 0 Å². The first-order chi connectivity index (χ1) is 8.82. The molecule has 1 aliphatic carbocycles. The molecule has 1 aliphatic heterocycles. The van der Waals surface area contributed by atoms with Gasteiger partial charge in [-0.05, 0) is 18.3 Å². The Morgan fingerprint density at radius 1 is 1.10 bits per heavy atom. The van der Waals surface area contributed by atoms with Gasteiger partial charge in [0, 0.05) is 16.0 Å². The van der Waals surface area contributed by atoms with E-state index in [2.05, 4.69) is 62.0 Å². The normalized spacial score (nSPS) is 32.7. The molecule has 0 N–H and O–H groups in total. The van der Waals surface area contributed by atoms with Crippen molar-refractivity contribution in [3.63, 3.8) is 0 Å². The summed E-state index contributed by atoms with van der Waals surface area (Å²) in [4.78, 5) is 0. The molecule has 0 radical (unpaired) electrons. The molecule has 0 aromatic carbocycles. The molecule has 1 heterocycles. The minimum absolute atomic E-state index is 0.0336. The van der Waals surface area contributed by atoms with Crippen molar-refractivity contribution < 1.29 is 8.85 Å². The molecule has 0 unspecified atom stereocenters. The molecule has 2 fully saturated rings. The molecule has 0 amide bonds. The van der Waals surface area contributed by atoms with Gasteiger partial charge in [-0.15, -0.1) is 0 Å². The minimum Gasteiger partial charge on any atom is -0.523 e. The average Bonchev–Trinajstić information content (AvgIpc) is 2.51. The lowest BCUT2D eigenvalue weighted by Gasteiger charge is -2.55. The Hall–Kier alpha value is -0.283. The maximum absolute atomic E-state index is 6.79. The second-order valence-corrected chi connectivity index (χ2v) is 14.0. The fourth-order valence-corrected chi connectivity index (χ4v) is 9.17. The van der Waals surface area contributed by atoms with Crippen molar-refractivity contribution in [1.82, 2.24) is 0 Å². The Morgan fingerprint density at radius 3 is 2.05 bits per heavy atom. The number of rotatable bonds is 0. The summed E-state index contributed by atoms with van der Waals surface area (Å²) < 4.78 is 13.4. The van der Waals surface area contributed by atoms with E-state index in [0.717, 1.165) is 12.2 Å². The van der Waals surface area contributed by atoms with Crippen molar-refractivity contribution in [3.8, 4) is 0 Å². The molecule has 20 heavy (non-hydrogen) atoms. The number of hydrogen-bond acceptors (Lipinski definition) is 2. The Bertz CT molecular complexity index is 398. The standard InChI is InChI=1S/C17H32O2Si/c1-12-14-13(10-11-17(14,8)9)19-20(18-12,15(2,3)4)16(5,6)7/h13-14H,1,10-11H2,2-9H3/t13-,14+/m0/s1. The van der Waals surface area contributed by atoms with Crippen molar-refractivity contribution in [2.24, 2.45) is 11.3 Å². The first-order valence-corrected chi connectivity index (χ1v) is 9.69. The van der Waals surface area contributed by atoms with E-state index in [1.807, 2.05) is 0 Å². The highest BCUT2D eigenvalue weighted by Crippen LogP contribution is 2.60. The highest BCUT2D eigenvalue weighted by Gasteiger charge is 2.66. The van der Waals surface area contributed by atoms with E-state index in [9.17, 15) is 0 Å². The summed E-state index contributed by atoms with van der Waals surface area (Å²) in [5.74, 6) is 1.34. The average molecular weight is 297 g/mol. The monoisotopic (exact) mass is 296 g/mol. The summed E-state index contributed by atoms with van der Waals surface area (Å²) in [5, 5.41) is 0.0672. The first kappa shape index (κ1) is 16.1. The summed E-state index contributed by atoms with van der Waals surface area (Å²) in [5.41, 5.74) is 0.248.